The molecule has 0 radical (unpaired) electrons. The highest BCUT2D eigenvalue weighted by Crippen LogP contribution is 2.38. The quantitative estimate of drug-likeness (QED) is 0.182. The Bertz CT molecular complexity index is 491. The molecule has 0 aromatic rings. The maximum absolute atomic E-state index is 12.4. The van der Waals surface area contributed by atoms with Crippen molar-refractivity contribution in [3.63, 3.8) is 0 Å². The third-order valence-electron chi connectivity index (χ3n) is 3.98. The van der Waals surface area contributed by atoms with Gasteiger partial charge in [-0.1, -0.05) is 49.3 Å². The molecule has 7 nitrogen and oxygen atoms in total. The second kappa shape index (κ2) is 23.2. The molecular weight excluding hydrogens is 448 g/mol. The molecule has 0 aliphatic rings. The third kappa shape index (κ3) is 22.3. The van der Waals surface area contributed by atoms with E-state index in [0.29, 0.717) is 45.8 Å². The van der Waals surface area contributed by atoms with Crippen LogP contribution >= 0.6 is 21.6 Å². The van der Waals surface area contributed by atoms with Crippen LogP contribution in [0.2, 0.25) is 0 Å². The lowest BCUT2D eigenvalue weighted by Crippen LogP contribution is -2.38. The Morgan fingerprint density at radius 1 is 0.875 bits per heavy atom. The van der Waals surface area contributed by atoms with Crippen molar-refractivity contribution in [2.45, 2.75) is 79.4 Å². The summed E-state index contributed by atoms with van der Waals surface area (Å²) in [6.45, 7) is 18.0. The van der Waals surface area contributed by atoms with Crippen LogP contribution in [0.3, 0.4) is 0 Å². The SMILES string of the molecule is CC.CC.CCOCCC(=O)N(C)CCN(C)C(=O)CCC(C)(C)SSCCOC(C)=O. The Balaban J connectivity index is -0.00000198. The largest absolute Gasteiger partial charge is 0.465 e. The van der Waals surface area contributed by atoms with Crippen molar-refractivity contribution >= 4 is 39.4 Å². The highest BCUT2D eigenvalue weighted by Gasteiger charge is 2.22. The van der Waals surface area contributed by atoms with Gasteiger partial charge in [-0.2, -0.15) is 0 Å². The van der Waals surface area contributed by atoms with Crippen LogP contribution < -0.4 is 0 Å². The molecule has 0 rings (SSSR count). The molecule has 9 heteroatoms. The number of carbonyl (C=O) groups excluding carboxylic acids is 3. The van der Waals surface area contributed by atoms with E-state index >= 15 is 0 Å². The van der Waals surface area contributed by atoms with Crippen molar-refractivity contribution in [2.75, 3.05) is 52.8 Å². The van der Waals surface area contributed by atoms with Gasteiger partial charge in [0.25, 0.3) is 0 Å². The van der Waals surface area contributed by atoms with E-state index in [-0.39, 0.29) is 22.5 Å². The number of nitrogens with zero attached hydrogens (tertiary/aromatic N) is 2. The molecule has 192 valence electrons. The second-order valence-electron chi connectivity index (χ2n) is 7.08. The topological polar surface area (TPSA) is 76.2 Å². The summed E-state index contributed by atoms with van der Waals surface area (Å²) in [5.74, 6) is 0.567. The molecule has 0 fully saturated rings. The lowest BCUT2D eigenvalue weighted by molar-refractivity contribution is -0.140. The molecule has 0 N–H and O–H groups in total. The lowest BCUT2D eigenvalue weighted by Gasteiger charge is -2.26. The Hall–Kier alpha value is -0.930. The molecule has 32 heavy (non-hydrogen) atoms. The molecule has 2 amide bonds. The summed E-state index contributed by atoms with van der Waals surface area (Å²) >= 11 is 0. The van der Waals surface area contributed by atoms with Crippen LogP contribution in [0.25, 0.3) is 0 Å². The number of hydrogen-bond acceptors (Lipinski definition) is 7. The zero-order chi connectivity index (χ0) is 25.6. The Morgan fingerprint density at radius 2 is 1.38 bits per heavy atom. The van der Waals surface area contributed by atoms with Crippen LogP contribution in [-0.4, -0.2) is 85.1 Å². The summed E-state index contributed by atoms with van der Waals surface area (Å²) in [4.78, 5) is 38.4. The number of rotatable bonds is 15. The Kier molecular flexibility index (Phi) is 25.9. The Morgan fingerprint density at radius 3 is 1.84 bits per heavy atom. The molecule has 0 unspecified atom stereocenters. The number of ether oxygens (including phenoxy) is 2. The van der Waals surface area contributed by atoms with E-state index in [1.54, 1.807) is 45.5 Å². The minimum absolute atomic E-state index is 0.0256. The first kappa shape index (κ1) is 35.7. The number of hydrogen-bond donors (Lipinski definition) is 0. The van der Waals surface area contributed by atoms with E-state index in [4.69, 9.17) is 9.47 Å². The maximum Gasteiger partial charge on any atom is 0.302 e. The Labute approximate surface area is 205 Å². The molecule has 0 heterocycles. The molecule has 0 saturated carbocycles. The summed E-state index contributed by atoms with van der Waals surface area (Å²) in [6, 6.07) is 0. The van der Waals surface area contributed by atoms with Crippen molar-refractivity contribution in [3.05, 3.63) is 0 Å². The number of amides is 2. The smallest absolute Gasteiger partial charge is 0.302 e. The minimum Gasteiger partial charge on any atom is -0.465 e. The van der Waals surface area contributed by atoms with Gasteiger partial charge in [-0.15, -0.1) is 0 Å². The molecule has 0 aromatic heterocycles. The fourth-order valence-electron chi connectivity index (χ4n) is 2.11. The summed E-state index contributed by atoms with van der Waals surface area (Å²) < 4.78 is 10.1. The summed E-state index contributed by atoms with van der Waals surface area (Å²) in [5, 5.41) is 0. The van der Waals surface area contributed by atoms with Crippen molar-refractivity contribution in [2.24, 2.45) is 0 Å². The lowest BCUT2D eigenvalue weighted by atomic mass is 10.1. The van der Waals surface area contributed by atoms with Crippen molar-refractivity contribution < 1.29 is 23.9 Å². The predicted octanol–water partition coefficient (Wildman–Crippen LogP) is 4.89. The fourth-order valence-corrected chi connectivity index (χ4v) is 4.51. The van der Waals surface area contributed by atoms with E-state index < -0.39 is 0 Å². The highest BCUT2D eigenvalue weighted by atomic mass is 33.1. The standard InChI is InChI=1S/C19H36N2O5S2.2C2H6/c1-7-25-13-9-18(24)21(6)12-11-20(5)17(23)8-10-19(3,4)28-27-15-14-26-16(2)22;2*1-2/h7-15H2,1-6H3;2*1-2H3. The number of likely N-dealkylation sites (N-methyl/N-ethyl adjacent to an activating group) is 2. The van der Waals surface area contributed by atoms with E-state index in [1.807, 2.05) is 34.6 Å². The van der Waals surface area contributed by atoms with Crippen LogP contribution in [0, 0.1) is 0 Å². The molecule has 0 bridgehead atoms. The van der Waals surface area contributed by atoms with Crippen LogP contribution in [0.1, 0.15) is 74.7 Å². The average Bonchev–Trinajstić information content (AvgIpc) is 2.77. The molecular formula is C23H48N2O5S2. The van der Waals surface area contributed by atoms with E-state index in [9.17, 15) is 14.4 Å². The van der Waals surface area contributed by atoms with Crippen LogP contribution in [-0.2, 0) is 23.9 Å². The van der Waals surface area contributed by atoms with E-state index in [2.05, 4.69) is 13.8 Å². The third-order valence-corrected chi connectivity index (χ3v) is 7.30. The zero-order valence-corrected chi connectivity index (χ0v) is 23.7. The summed E-state index contributed by atoms with van der Waals surface area (Å²) in [6.07, 6.45) is 1.58. The monoisotopic (exact) mass is 496 g/mol. The summed E-state index contributed by atoms with van der Waals surface area (Å²) in [5.41, 5.74) is 0. The maximum atomic E-state index is 12.4. The van der Waals surface area contributed by atoms with Gasteiger partial charge in [0.15, 0.2) is 0 Å². The van der Waals surface area contributed by atoms with Gasteiger partial charge >= 0.3 is 5.97 Å². The van der Waals surface area contributed by atoms with Gasteiger partial charge in [-0.05, 0) is 27.2 Å². The molecule has 0 atom stereocenters. The van der Waals surface area contributed by atoms with Gasteiger partial charge in [0.05, 0.1) is 13.0 Å². The van der Waals surface area contributed by atoms with Gasteiger partial charge in [-0.25, -0.2) is 0 Å². The molecule has 0 saturated heterocycles. The van der Waals surface area contributed by atoms with Gasteiger partial charge in [-0.3, -0.25) is 14.4 Å². The van der Waals surface area contributed by atoms with Crippen LogP contribution in [0.5, 0.6) is 0 Å². The van der Waals surface area contributed by atoms with Gasteiger partial charge in [0, 0.05) is 57.6 Å². The predicted molar refractivity (Wildman–Crippen MR) is 139 cm³/mol. The van der Waals surface area contributed by atoms with Gasteiger partial charge < -0.3 is 19.3 Å². The van der Waals surface area contributed by atoms with Crippen LogP contribution in [0.15, 0.2) is 0 Å². The fraction of sp³-hybridized carbons (Fsp3) is 0.870. The van der Waals surface area contributed by atoms with Crippen LogP contribution in [0.4, 0.5) is 0 Å². The average molecular weight is 497 g/mol. The number of carbonyl (C=O) groups is 3. The first-order valence-electron chi connectivity index (χ1n) is 11.6. The first-order valence-corrected chi connectivity index (χ1v) is 13.9. The van der Waals surface area contributed by atoms with Crippen molar-refractivity contribution in [1.82, 2.24) is 9.80 Å². The minimum atomic E-state index is -0.264. The van der Waals surface area contributed by atoms with Crippen molar-refractivity contribution in [3.8, 4) is 0 Å². The highest BCUT2D eigenvalue weighted by molar-refractivity contribution is 8.77. The summed E-state index contributed by atoms with van der Waals surface area (Å²) in [7, 11) is 6.88. The zero-order valence-electron chi connectivity index (χ0n) is 22.1. The molecule has 0 aliphatic carbocycles. The number of esters is 1. The molecule has 0 spiro atoms. The normalized spacial score (nSPS) is 10.2. The van der Waals surface area contributed by atoms with Gasteiger partial charge in [0.1, 0.15) is 6.61 Å². The molecule has 0 aromatic carbocycles. The first-order chi connectivity index (χ1) is 15.1. The van der Waals surface area contributed by atoms with Crippen molar-refractivity contribution in [1.29, 1.82) is 0 Å². The second-order valence-corrected chi connectivity index (χ2v) is 10.2. The van der Waals surface area contributed by atoms with E-state index in [0.717, 1.165) is 12.2 Å². The van der Waals surface area contributed by atoms with E-state index in [1.165, 1.54) is 6.92 Å². The van der Waals surface area contributed by atoms with Gasteiger partial charge in [0.2, 0.25) is 11.8 Å². The molecule has 0 aliphatic heterocycles.